The average Bonchev–Trinajstić information content (AvgIpc) is 2.41. The summed E-state index contributed by atoms with van der Waals surface area (Å²) in [5.74, 6) is 0.0118. The molecule has 0 saturated heterocycles. The van der Waals surface area contributed by atoms with E-state index in [4.69, 9.17) is 0 Å². The highest BCUT2D eigenvalue weighted by Gasteiger charge is 2.06. The van der Waals surface area contributed by atoms with Gasteiger partial charge < -0.3 is 5.32 Å². The number of pyridine rings is 1. The summed E-state index contributed by atoms with van der Waals surface area (Å²) in [6.07, 6.45) is 1.22. The Kier molecular flexibility index (Phi) is 4.90. The Labute approximate surface area is 127 Å². The number of aryl methyl sites for hydroxylation is 3. The van der Waals surface area contributed by atoms with Crippen molar-refractivity contribution in [1.82, 2.24) is 4.98 Å². The smallest absolute Gasteiger partial charge is 0.224 e. The van der Waals surface area contributed by atoms with Crippen LogP contribution in [-0.2, 0) is 11.2 Å². The number of hydrogen-bond donors (Lipinski definition) is 1. The minimum atomic E-state index is 0.0118. The first kappa shape index (κ1) is 14.7. The molecule has 1 aromatic heterocycles. The van der Waals surface area contributed by atoms with Crippen LogP contribution in [0.25, 0.3) is 0 Å². The molecule has 0 bridgehead atoms. The van der Waals surface area contributed by atoms with E-state index in [1.165, 1.54) is 11.1 Å². The predicted octanol–water partition coefficient (Wildman–Crippen LogP) is 4.03. The third-order valence-electron chi connectivity index (χ3n) is 3.09. The Morgan fingerprint density at radius 2 is 1.85 bits per heavy atom. The van der Waals surface area contributed by atoms with Crippen LogP contribution in [0.4, 0.5) is 5.69 Å². The molecule has 4 heteroatoms. The van der Waals surface area contributed by atoms with Crippen LogP contribution in [0.2, 0.25) is 0 Å². The van der Waals surface area contributed by atoms with Gasteiger partial charge in [0.1, 0.15) is 4.60 Å². The summed E-state index contributed by atoms with van der Waals surface area (Å²) in [6, 6.07) is 11.9. The maximum absolute atomic E-state index is 11.9. The monoisotopic (exact) mass is 332 g/mol. The van der Waals surface area contributed by atoms with Crippen LogP contribution in [-0.4, -0.2) is 10.9 Å². The summed E-state index contributed by atoms with van der Waals surface area (Å²) in [4.78, 5) is 16.2. The zero-order chi connectivity index (χ0) is 14.5. The molecule has 0 aliphatic carbocycles. The standard InChI is InChI=1S/C16H17BrN2O/c1-11-3-5-13(6-4-11)7-10-16(20)19-14-8-9-15(17)18-12(14)2/h3-6,8-9H,7,10H2,1-2H3,(H,19,20). The minimum absolute atomic E-state index is 0.0118. The molecule has 2 aromatic rings. The van der Waals surface area contributed by atoms with E-state index in [0.717, 1.165) is 22.4 Å². The lowest BCUT2D eigenvalue weighted by Crippen LogP contribution is -2.13. The van der Waals surface area contributed by atoms with Crippen molar-refractivity contribution in [2.45, 2.75) is 26.7 Å². The summed E-state index contributed by atoms with van der Waals surface area (Å²) in [7, 11) is 0. The molecule has 1 N–H and O–H groups in total. The van der Waals surface area contributed by atoms with E-state index in [2.05, 4.69) is 57.4 Å². The van der Waals surface area contributed by atoms with Crippen LogP contribution in [0, 0.1) is 13.8 Å². The van der Waals surface area contributed by atoms with E-state index in [-0.39, 0.29) is 5.91 Å². The van der Waals surface area contributed by atoms with E-state index in [0.29, 0.717) is 6.42 Å². The molecule has 0 atom stereocenters. The second-order valence-corrected chi connectivity index (χ2v) is 5.61. The molecule has 1 heterocycles. The Morgan fingerprint density at radius 1 is 1.15 bits per heavy atom. The number of hydrogen-bond acceptors (Lipinski definition) is 2. The molecule has 0 fully saturated rings. The molecular weight excluding hydrogens is 316 g/mol. The van der Waals surface area contributed by atoms with Gasteiger partial charge in [0.2, 0.25) is 5.91 Å². The van der Waals surface area contributed by atoms with Crippen LogP contribution in [0.5, 0.6) is 0 Å². The molecule has 0 spiro atoms. The minimum Gasteiger partial charge on any atom is -0.324 e. The van der Waals surface area contributed by atoms with Gasteiger partial charge in [-0.2, -0.15) is 0 Å². The number of carbonyl (C=O) groups is 1. The number of aromatic nitrogens is 1. The predicted molar refractivity (Wildman–Crippen MR) is 84.8 cm³/mol. The van der Waals surface area contributed by atoms with Crippen molar-refractivity contribution in [3.8, 4) is 0 Å². The van der Waals surface area contributed by atoms with Crippen molar-refractivity contribution >= 4 is 27.5 Å². The highest BCUT2D eigenvalue weighted by Crippen LogP contribution is 2.16. The van der Waals surface area contributed by atoms with E-state index in [1.807, 2.05) is 19.1 Å². The fraction of sp³-hybridized carbons (Fsp3) is 0.250. The van der Waals surface area contributed by atoms with Crippen molar-refractivity contribution in [2.24, 2.45) is 0 Å². The molecule has 0 radical (unpaired) electrons. The molecule has 0 aliphatic rings. The second-order valence-electron chi connectivity index (χ2n) is 4.80. The first-order valence-corrected chi connectivity index (χ1v) is 7.32. The van der Waals surface area contributed by atoms with Gasteiger partial charge in [0.15, 0.2) is 0 Å². The topological polar surface area (TPSA) is 42.0 Å². The zero-order valence-corrected chi connectivity index (χ0v) is 13.2. The molecule has 1 amide bonds. The van der Waals surface area contributed by atoms with E-state index < -0.39 is 0 Å². The summed E-state index contributed by atoms with van der Waals surface area (Å²) < 4.78 is 0.771. The Hall–Kier alpha value is -1.68. The molecule has 0 saturated carbocycles. The van der Waals surface area contributed by atoms with Gasteiger partial charge in [0, 0.05) is 6.42 Å². The maximum atomic E-state index is 11.9. The van der Waals surface area contributed by atoms with E-state index in [9.17, 15) is 4.79 Å². The van der Waals surface area contributed by atoms with Gasteiger partial charge in [-0.05, 0) is 53.9 Å². The quantitative estimate of drug-likeness (QED) is 0.859. The van der Waals surface area contributed by atoms with Crippen molar-refractivity contribution in [2.75, 3.05) is 5.32 Å². The number of anilines is 1. The van der Waals surface area contributed by atoms with E-state index in [1.54, 1.807) is 0 Å². The molecule has 2 rings (SSSR count). The van der Waals surface area contributed by atoms with Crippen LogP contribution in [0.1, 0.15) is 23.2 Å². The lowest BCUT2D eigenvalue weighted by molar-refractivity contribution is -0.116. The molecular formula is C16H17BrN2O. The average molecular weight is 333 g/mol. The fourth-order valence-corrected chi connectivity index (χ4v) is 2.29. The highest BCUT2D eigenvalue weighted by atomic mass is 79.9. The van der Waals surface area contributed by atoms with Crippen LogP contribution >= 0.6 is 15.9 Å². The first-order valence-electron chi connectivity index (χ1n) is 6.53. The largest absolute Gasteiger partial charge is 0.324 e. The zero-order valence-electron chi connectivity index (χ0n) is 11.6. The highest BCUT2D eigenvalue weighted by molar-refractivity contribution is 9.10. The number of halogens is 1. The summed E-state index contributed by atoms with van der Waals surface area (Å²) in [5, 5.41) is 2.90. The van der Waals surface area contributed by atoms with Crippen LogP contribution in [0.3, 0.4) is 0 Å². The number of nitrogens with one attached hydrogen (secondary N) is 1. The number of amides is 1. The van der Waals surface area contributed by atoms with Gasteiger partial charge in [0.05, 0.1) is 11.4 Å². The molecule has 0 unspecified atom stereocenters. The molecule has 20 heavy (non-hydrogen) atoms. The Morgan fingerprint density at radius 3 is 2.50 bits per heavy atom. The molecule has 0 aliphatic heterocycles. The third-order valence-corrected chi connectivity index (χ3v) is 3.53. The number of benzene rings is 1. The van der Waals surface area contributed by atoms with Crippen LogP contribution < -0.4 is 5.32 Å². The summed E-state index contributed by atoms with van der Waals surface area (Å²) >= 11 is 3.31. The molecule has 104 valence electrons. The van der Waals surface area contributed by atoms with Crippen molar-refractivity contribution in [1.29, 1.82) is 0 Å². The van der Waals surface area contributed by atoms with Gasteiger partial charge in [-0.1, -0.05) is 29.8 Å². The lowest BCUT2D eigenvalue weighted by Gasteiger charge is -2.08. The normalized spacial score (nSPS) is 10.3. The second kappa shape index (κ2) is 6.66. The fourth-order valence-electron chi connectivity index (χ4n) is 1.89. The number of carbonyl (C=O) groups excluding carboxylic acids is 1. The SMILES string of the molecule is Cc1ccc(CCC(=O)Nc2ccc(Br)nc2C)cc1. The third kappa shape index (κ3) is 4.17. The summed E-state index contributed by atoms with van der Waals surface area (Å²) in [5.41, 5.74) is 3.98. The number of rotatable bonds is 4. The maximum Gasteiger partial charge on any atom is 0.224 e. The van der Waals surface area contributed by atoms with Gasteiger partial charge in [-0.3, -0.25) is 4.79 Å². The van der Waals surface area contributed by atoms with Gasteiger partial charge in [0.25, 0.3) is 0 Å². The van der Waals surface area contributed by atoms with E-state index >= 15 is 0 Å². The van der Waals surface area contributed by atoms with Crippen LogP contribution in [0.15, 0.2) is 41.0 Å². The summed E-state index contributed by atoms with van der Waals surface area (Å²) in [6.45, 7) is 3.93. The van der Waals surface area contributed by atoms with Crippen molar-refractivity contribution in [3.05, 3.63) is 57.8 Å². The number of nitrogens with zero attached hydrogens (tertiary/aromatic N) is 1. The van der Waals surface area contributed by atoms with Gasteiger partial charge in [-0.25, -0.2) is 4.98 Å². The van der Waals surface area contributed by atoms with Gasteiger partial charge >= 0.3 is 0 Å². The van der Waals surface area contributed by atoms with Crippen molar-refractivity contribution in [3.63, 3.8) is 0 Å². The van der Waals surface area contributed by atoms with Crippen molar-refractivity contribution < 1.29 is 4.79 Å². The first-order chi connectivity index (χ1) is 9.54. The van der Waals surface area contributed by atoms with Gasteiger partial charge in [-0.15, -0.1) is 0 Å². The Bertz CT molecular complexity index is 608. The molecule has 1 aromatic carbocycles. The lowest BCUT2D eigenvalue weighted by atomic mass is 10.1. The molecule has 3 nitrogen and oxygen atoms in total. The Balaban J connectivity index is 1.90.